The number of rotatable bonds is 5. The number of hydrogen-bond acceptors (Lipinski definition) is 3. The van der Waals surface area contributed by atoms with E-state index < -0.39 is 23.9 Å². The summed E-state index contributed by atoms with van der Waals surface area (Å²) >= 11 is 0. The van der Waals surface area contributed by atoms with Crippen LogP contribution in [-0.4, -0.2) is 28.1 Å². The largest absolute Gasteiger partial charge is 0.480 e. The number of halogens is 1. The first-order chi connectivity index (χ1) is 8.52. The van der Waals surface area contributed by atoms with Gasteiger partial charge in [0.05, 0.1) is 18.1 Å². The highest BCUT2D eigenvalue weighted by Crippen LogP contribution is 2.06. The third-order valence-corrected chi connectivity index (χ3v) is 2.14. The zero-order valence-electron chi connectivity index (χ0n) is 9.81. The first-order valence-electron chi connectivity index (χ1n) is 5.43. The standard InChI is InChI=1S/C11H14FN3O3/c1-2-3-9(10(16)17)15-11(18)14-8-4-7(12)5-13-6-8/h4-6,9H,2-3H2,1H3,(H,16,17)(H2,14,15,18)/t9-/m0/s1. The van der Waals surface area contributed by atoms with Crippen molar-refractivity contribution in [3.05, 3.63) is 24.3 Å². The average molecular weight is 255 g/mol. The number of anilines is 1. The Morgan fingerprint density at radius 2 is 2.22 bits per heavy atom. The molecule has 1 aromatic rings. The summed E-state index contributed by atoms with van der Waals surface area (Å²) < 4.78 is 12.8. The van der Waals surface area contributed by atoms with Crippen molar-refractivity contribution in [2.45, 2.75) is 25.8 Å². The smallest absolute Gasteiger partial charge is 0.326 e. The highest BCUT2D eigenvalue weighted by Gasteiger charge is 2.18. The Labute approximate surface area is 103 Å². The molecule has 6 nitrogen and oxygen atoms in total. The lowest BCUT2D eigenvalue weighted by Gasteiger charge is -2.14. The summed E-state index contributed by atoms with van der Waals surface area (Å²) in [5, 5.41) is 13.4. The van der Waals surface area contributed by atoms with Crippen molar-refractivity contribution in [3.63, 3.8) is 0 Å². The number of carbonyl (C=O) groups excluding carboxylic acids is 1. The Kier molecular flexibility index (Phi) is 5.04. The van der Waals surface area contributed by atoms with E-state index in [0.717, 1.165) is 12.3 Å². The van der Waals surface area contributed by atoms with Gasteiger partial charge in [-0.1, -0.05) is 13.3 Å². The van der Waals surface area contributed by atoms with Crippen molar-refractivity contribution in [3.8, 4) is 0 Å². The molecule has 0 saturated heterocycles. The molecule has 0 aliphatic carbocycles. The van der Waals surface area contributed by atoms with Gasteiger partial charge < -0.3 is 15.7 Å². The van der Waals surface area contributed by atoms with Gasteiger partial charge in [0.2, 0.25) is 0 Å². The van der Waals surface area contributed by atoms with Crippen LogP contribution in [0.15, 0.2) is 18.5 Å². The predicted octanol–water partition coefficient (Wildman–Crippen LogP) is 1.60. The third kappa shape index (κ3) is 4.36. The maximum atomic E-state index is 12.8. The third-order valence-electron chi connectivity index (χ3n) is 2.14. The zero-order chi connectivity index (χ0) is 13.5. The van der Waals surface area contributed by atoms with Crippen LogP contribution in [0.1, 0.15) is 19.8 Å². The van der Waals surface area contributed by atoms with E-state index in [2.05, 4.69) is 15.6 Å². The van der Waals surface area contributed by atoms with Crippen molar-refractivity contribution in [2.24, 2.45) is 0 Å². The van der Waals surface area contributed by atoms with Crippen LogP contribution in [0.2, 0.25) is 0 Å². The molecule has 2 amide bonds. The Morgan fingerprint density at radius 1 is 1.50 bits per heavy atom. The summed E-state index contributed by atoms with van der Waals surface area (Å²) in [5.74, 6) is -1.69. The second-order valence-electron chi connectivity index (χ2n) is 3.67. The van der Waals surface area contributed by atoms with Gasteiger partial charge in [0.15, 0.2) is 0 Å². The van der Waals surface area contributed by atoms with Gasteiger partial charge in [-0.25, -0.2) is 14.0 Å². The van der Waals surface area contributed by atoms with E-state index >= 15 is 0 Å². The van der Waals surface area contributed by atoms with Gasteiger partial charge in [0, 0.05) is 6.07 Å². The van der Waals surface area contributed by atoms with Crippen LogP contribution in [0.25, 0.3) is 0 Å². The molecule has 1 heterocycles. The van der Waals surface area contributed by atoms with Crippen molar-refractivity contribution >= 4 is 17.7 Å². The molecule has 0 radical (unpaired) electrons. The number of pyridine rings is 1. The molecule has 0 bridgehead atoms. The van der Waals surface area contributed by atoms with Crippen LogP contribution in [-0.2, 0) is 4.79 Å². The molecule has 0 unspecified atom stereocenters. The second-order valence-corrected chi connectivity index (χ2v) is 3.67. The number of aromatic nitrogens is 1. The summed E-state index contributed by atoms with van der Waals surface area (Å²) in [6.07, 6.45) is 3.21. The van der Waals surface area contributed by atoms with E-state index in [4.69, 9.17) is 5.11 Å². The molecular weight excluding hydrogens is 241 g/mol. The van der Waals surface area contributed by atoms with E-state index in [9.17, 15) is 14.0 Å². The quantitative estimate of drug-likeness (QED) is 0.745. The van der Waals surface area contributed by atoms with Gasteiger partial charge in [-0.15, -0.1) is 0 Å². The van der Waals surface area contributed by atoms with Gasteiger partial charge in [-0.2, -0.15) is 0 Å². The molecule has 1 rings (SSSR count). The SMILES string of the molecule is CCC[C@H](NC(=O)Nc1cncc(F)c1)C(=O)O. The van der Waals surface area contributed by atoms with Gasteiger partial charge in [0.25, 0.3) is 0 Å². The van der Waals surface area contributed by atoms with Crippen LogP contribution in [0, 0.1) is 5.82 Å². The molecule has 0 aliphatic rings. The predicted molar refractivity (Wildman–Crippen MR) is 62.7 cm³/mol. The number of nitrogens with one attached hydrogen (secondary N) is 2. The van der Waals surface area contributed by atoms with Gasteiger partial charge in [0.1, 0.15) is 11.9 Å². The zero-order valence-corrected chi connectivity index (χ0v) is 9.81. The van der Waals surface area contributed by atoms with E-state index in [0.29, 0.717) is 12.8 Å². The molecule has 98 valence electrons. The molecule has 18 heavy (non-hydrogen) atoms. The van der Waals surface area contributed by atoms with Crippen LogP contribution >= 0.6 is 0 Å². The molecular formula is C11H14FN3O3. The number of carbonyl (C=O) groups is 2. The molecule has 7 heteroatoms. The van der Waals surface area contributed by atoms with Gasteiger partial charge in [-0.05, 0) is 6.42 Å². The lowest BCUT2D eigenvalue weighted by molar-refractivity contribution is -0.139. The number of aliphatic carboxylic acids is 1. The molecule has 1 aromatic heterocycles. The van der Waals surface area contributed by atoms with Gasteiger partial charge in [-0.3, -0.25) is 4.98 Å². The van der Waals surface area contributed by atoms with Gasteiger partial charge >= 0.3 is 12.0 Å². The Balaban J connectivity index is 2.57. The van der Waals surface area contributed by atoms with Crippen LogP contribution in [0.5, 0.6) is 0 Å². The van der Waals surface area contributed by atoms with E-state index in [-0.39, 0.29) is 5.69 Å². The second kappa shape index (κ2) is 6.53. The highest BCUT2D eigenvalue weighted by atomic mass is 19.1. The first-order valence-corrected chi connectivity index (χ1v) is 5.43. The summed E-state index contributed by atoms with van der Waals surface area (Å²) in [6.45, 7) is 1.81. The molecule has 0 aliphatic heterocycles. The summed E-state index contributed by atoms with van der Waals surface area (Å²) in [6, 6.07) is -0.581. The molecule has 0 fully saturated rings. The fraction of sp³-hybridized carbons (Fsp3) is 0.364. The monoisotopic (exact) mass is 255 g/mol. The number of carboxylic acids is 1. The normalized spacial score (nSPS) is 11.7. The summed E-state index contributed by atoms with van der Waals surface area (Å²) in [7, 11) is 0. The highest BCUT2D eigenvalue weighted by molar-refractivity contribution is 5.92. The molecule has 0 saturated carbocycles. The molecule has 0 aromatic carbocycles. The first kappa shape index (κ1) is 13.9. The van der Waals surface area contributed by atoms with E-state index in [1.165, 1.54) is 6.20 Å². The fourth-order valence-corrected chi connectivity index (χ4v) is 1.35. The number of hydrogen-bond donors (Lipinski definition) is 3. The van der Waals surface area contributed by atoms with E-state index in [1.807, 2.05) is 6.92 Å². The minimum atomic E-state index is -1.11. The minimum Gasteiger partial charge on any atom is -0.480 e. The number of urea groups is 1. The lowest BCUT2D eigenvalue weighted by atomic mass is 10.2. The maximum Gasteiger partial charge on any atom is 0.326 e. The molecule has 3 N–H and O–H groups in total. The van der Waals surface area contributed by atoms with E-state index in [1.54, 1.807) is 0 Å². The van der Waals surface area contributed by atoms with Crippen LogP contribution in [0.3, 0.4) is 0 Å². The maximum absolute atomic E-state index is 12.8. The van der Waals surface area contributed by atoms with Crippen molar-refractivity contribution in [1.29, 1.82) is 0 Å². The molecule has 0 spiro atoms. The Morgan fingerprint density at radius 3 is 2.78 bits per heavy atom. The molecule has 1 atom stereocenters. The Hall–Kier alpha value is -2.18. The average Bonchev–Trinajstić information content (AvgIpc) is 2.28. The van der Waals surface area contributed by atoms with Crippen molar-refractivity contribution < 1.29 is 19.1 Å². The lowest BCUT2D eigenvalue weighted by Crippen LogP contribution is -2.42. The topological polar surface area (TPSA) is 91.3 Å². The Bertz CT molecular complexity index is 439. The number of nitrogens with zero attached hydrogens (tertiary/aromatic N) is 1. The summed E-state index contributed by atoms with van der Waals surface area (Å²) in [4.78, 5) is 25.8. The van der Waals surface area contributed by atoms with Crippen LogP contribution in [0.4, 0.5) is 14.9 Å². The minimum absolute atomic E-state index is 0.160. The fourth-order valence-electron chi connectivity index (χ4n) is 1.35. The van der Waals surface area contributed by atoms with Crippen molar-refractivity contribution in [1.82, 2.24) is 10.3 Å². The van der Waals surface area contributed by atoms with Crippen molar-refractivity contribution in [2.75, 3.05) is 5.32 Å². The summed E-state index contributed by atoms with van der Waals surface area (Å²) in [5.41, 5.74) is 0.160. The van der Waals surface area contributed by atoms with Crippen LogP contribution < -0.4 is 10.6 Å². The number of carboxylic acid groups (broad SMARTS) is 1. The number of amides is 2.